The second-order valence-corrected chi connectivity index (χ2v) is 2.18. The first-order valence-corrected chi connectivity index (χ1v) is 4.16. The minimum absolute atomic E-state index is 0. The zero-order valence-electron chi connectivity index (χ0n) is 9.64. The molecule has 18 heavy (non-hydrogen) atoms. The molecule has 0 aliphatic carbocycles. The van der Waals surface area contributed by atoms with E-state index in [9.17, 15) is 0 Å². The van der Waals surface area contributed by atoms with Crippen molar-refractivity contribution in [2.24, 2.45) is 0 Å². The molecule has 0 atom stereocenters. The van der Waals surface area contributed by atoms with Crippen LogP contribution in [0.4, 0.5) is 0 Å². The van der Waals surface area contributed by atoms with Gasteiger partial charge in [-0.05, 0) is 6.07 Å². The third kappa shape index (κ3) is 13.8. The number of aromatic amines is 3. The highest BCUT2D eigenvalue weighted by Gasteiger charge is 1.57. The molecule has 0 fully saturated rings. The Bertz CT molecular complexity index is 259. The van der Waals surface area contributed by atoms with Crippen LogP contribution < -0.4 is 0 Å². The Labute approximate surface area is 111 Å². The molecule has 0 saturated carbocycles. The topological polar surface area (TPSA) is 98.9 Å². The zero-order chi connectivity index (χ0) is 10.6. The Morgan fingerprint density at radius 2 is 1.44 bits per heavy atom. The molecule has 10 heteroatoms. The molecular weight excluding hydrogens is 227 g/mol. The Kier molecular flexibility index (Phi) is 20.1. The van der Waals surface area contributed by atoms with E-state index < -0.39 is 0 Å². The van der Waals surface area contributed by atoms with Crippen LogP contribution in [0.3, 0.4) is 0 Å². The molecule has 0 bridgehead atoms. The number of hydrogen-bond donors (Lipinski definition) is 3. The minimum atomic E-state index is 0. The predicted molar refractivity (Wildman–Crippen MR) is 70.8 cm³/mol. The van der Waals surface area contributed by atoms with Gasteiger partial charge in [-0.3, -0.25) is 5.10 Å². The SMILES string of the molecule is [B].[B].[B].c1c[nH]cn1.c1cn[nH]c1.c1cn[nH]n1. The lowest BCUT2D eigenvalue weighted by Crippen LogP contribution is -1.61. The van der Waals surface area contributed by atoms with Crippen LogP contribution in [-0.4, -0.2) is 60.8 Å². The summed E-state index contributed by atoms with van der Waals surface area (Å²) in [5.41, 5.74) is 0. The first-order chi connectivity index (χ1) is 7.50. The largest absolute Gasteiger partial charge is 0.351 e. The third-order valence-electron chi connectivity index (χ3n) is 1.14. The molecule has 3 heterocycles. The number of nitrogens with one attached hydrogen (secondary N) is 3. The van der Waals surface area contributed by atoms with Gasteiger partial charge in [-0.15, -0.1) is 0 Å². The Hall–Kier alpha value is -2.25. The summed E-state index contributed by atoms with van der Waals surface area (Å²) in [6, 6.07) is 1.83. The molecule has 3 rings (SSSR count). The van der Waals surface area contributed by atoms with Crippen molar-refractivity contribution in [2.75, 3.05) is 0 Å². The van der Waals surface area contributed by atoms with E-state index in [0.29, 0.717) is 0 Å². The highest BCUT2D eigenvalue weighted by Crippen LogP contribution is 1.64. The minimum Gasteiger partial charge on any atom is -0.351 e. The van der Waals surface area contributed by atoms with E-state index in [-0.39, 0.29) is 25.2 Å². The van der Waals surface area contributed by atoms with Gasteiger partial charge in [-0.1, -0.05) is 0 Å². The second-order valence-electron chi connectivity index (χ2n) is 2.18. The van der Waals surface area contributed by atoms with E-state index in [1.54, 1.807) is 43.5 Å². The summed E-state index contributed by atoms with van der Waals surface area (Å²) in [5.74, 6) is 0. The van der Waals surface area contributed by atoms with Crippen LogP contribution >= 0.6 is 0 Å². The van der Waals surface area contributed by atoms with Gasteiger partial charge in [-0.2, -0.15) is 20.5 Å². The van der Waals surface area contributed by atoms with Gasteiger partial charge in [0.15, 0.2) is 0 Å². The van der Waals surface area contributed by atoms with Crippen LogP contribution in [-0.2, 0) is 0 Å². The molecule has 0 unspecified atom stereocenters. The summed E-state index contributed by atoms with van der Waals surface area (Å²) in [4.78, 5) is 6.42. The summed E-state index contributed by atoms with van der Waals surface area (Å²) < 4.78 is 0. The smallest absolute Gasteiger partial charge is 0.0919 e. The molecule has 0 spiro atoms. The predicted octanol–water partition coefficient (Wildman–Crippen LogP) is -0.518. The van der Waals surface area contributed by atoms with Crippen LogP contribution in [0.5, 0.6) is 0 Å². The van der Waals surface area contributed by atoms with Gasteiger partial charge in [0.1, 0.15) is 0 Å². The molecule has 7 nitrogen and oxygen atoms in total. The third-order valence-corrected chi connectivity index (χ3v) is 1.14. The highest BCUT2D eigenvalue weighted by molar-refractivity contribution is 5.76. The van der Waals surface area contributed by atoms with Crippen molar-refractivity contribution in [3.63, 3.8) is 0 Å². The van der Waals surface area contributed by atoms with Crippen molar-refractivity contribution in [3.8, 4) is 0 Å². The Morgan fingerprint density at radius 1 is 0.722 bits per heavy atom. The van der Waals surface area contributed by atoms with Gasteiger partial charge < -0.3 is 4.98 Å². The van der Waals surface area contributed by atoms with Crippen molar-refractivity contribution < 1.29 is 0 Å². The van der Waals surface area contributed by atoms with E-state index in [1.165, 1.54) is 0 Å². The summed E-state index contributed by atoms with van der Waals surface area (Å²) >= 11 is 0. The number of aromatic nitrogens is 7. The molecule has 3 aromatic heterocycles. The summed E-state index contributed by atoms with van der Waals surface area (Å²) in [6.07, 6.45) is 11.7. The quantitative estimate of drug-likeness (QED) is 0.458. The lowest BCUT2D eigenvalue weighted by Gasteiger charge is -1.49. The van der Waals surface area contributed by atoms with Gasteiger partial charge >= 0.3 is 0 Å². The maximum absolute atomic E-state index is 3.67. The number of H-pyrrole nitrogens is 3. The van der Waals surface area contributed by atoms with Crippen molar-refractivity contribution >= 4 is 25.2 Å². The van der Waals surface area contributed by atoms with E-state index in [4.69, 9.17) is 0 Å². The first kappa shape index (κ1) is 21.1. The average molecular weight is 238 g/mol. The molecule has 9 radical (unpaired) electrons. The monoisotopic (exact) mass is 238 g/mol. The van der Waals surface area contributed by atoms with E-state index >= 15 is 0 Å². The Balaban J connectivity index is -0.000000173. The lowest BCUT2D eigenvalue weighted by molar-refractivity contribution is 0.940. The zero-order valence-corrected chi connectivity index (χ0v) is 9.64. The lowest BCUT2D eigenvalue weighted by atomic mass is 10.8. The highest BCUT2D eigenvalue weighted by atomic mass is 15.3. The fourth-order valence-corrected chi connectivity index (χ4v) is 0.597. The number of rotatable bonds is 0. The van der Waals surface area contributed by atoms with Gasteiger partial charge in [0, 0.05) is 50.0 Å². The summed E-state index contributed by atoms with van der Waals surface area (Å²) in [7, 11) is 0. The van der Waals surface area contributed by atoms with Crippen LogP contribution in [0.2, 0.25) is 0 Å². The molecule has 87 valence electrons. The molecule has 0 aliphatic heterocycles. The van der Waals surface area contributed by atoms with Crippen LogP contribution in [0.15, 0.2) is 49.6 Å². The fraction of sp³-hybridized carbons (Fsp3) is 0. The molecule has 0 amide bonds. The van der Waals surface area contributed by atoms with Crippen LogP contribution in [0, 0.1) is 0 Å². The molecular formula is C8H11B3N7. The maximum atomic E-state index is 3.67. The summed E-state index contributed by atoms with van der Waals surface area (Å²) in [6.45, 7) is 0. The summed E-state index contributed by atoms with van der Waals surface area (Å²) in [5, 5.41) is 15.5. The van der Waals surface area contributed by atoms with Gasteiger partial charge in [0.25, 0.3) is 0 Å². The first-order valence-electron chi connectivity index (χ1n) is 4.16. The number of nitrogens with zero attached hydrogens (tertiary/aromatic N) is 4. The molecule has 0 saturated heterocycles. The Morgan fingerprint density at radius 3 is 1.61 bits per heavy atom. The van der Waals surface area contributed by atoms with E-state index in [2.05, 4.69) is 35.6 Å². The average Bonchev–Trinajstić information content (AvgIpc) is 3.09. The van der Waals surface area contributed by atoms with Gasteiger partial charge in [-0.25, -0.2) is 4.98 Å². The van der Waals surface area contributed by atoms with Crippen molar-refractivity contribution in [1.82, 2.24) is 35.6 Å². The normalized spacial score (nSPS) is 6.67. The number of imidazole rings is 1. The second kappa shape index (κ2) is 17.2. The molecule has 0 aliphatic rings. The molecule has 0 aromatic carbocycles. The molecule has 3 aromatic rings. The van der Waals surface area contributed by atoms with Crippen molar-refractivity contribution in [3.05, 3.63) is 49.6 Å². The van der Waals surface area contributed by atoms with E-state index in [0.717, 1.165) is 0 Å². The molecule has 3 N–H and O–H groups in total. The van der Waals surface area contributed by atoms with Crippen LogP contribution in [0.25, 0.3) is 0 Å². The van der Waals surface area contributed by atoms with Crippen molar-refractivity contribution in [2.45, 2.75) is 0 Å². The van der Waals surface area contributed by atoms with Crippen molar-refractivity contribution in [1.29, 1.82) is 0 Å². The standard InChI is InChI=1S/2C3H4N2.C2H3N3.3B/c1-2-5-3-4-1;2*1-2-4-5-3-1;;;/h2*1-3H,(H,4,5);1-2H,(H,3,4,5);;;. The fourth-order valence-electron chi connectivity index (χ4n) is 0.597. The van der Waals surface area contributed by atoms with Gasteiger partial charge in [0.05, 0.1) is 18.7 Å². The van der Waals surface area contributed by atoms with Gasteiger partial charge in [0.2, 0.25) is 0 Å². The number of hydrogen-bond acceptors (Lipinski definition) is 4. The van der Waals surface area contributed by atoms with E-state index in [1.807, 2.05) is 6.07 Å². The van der Waals surface area contributed by atoms with Crippen LogP contribution in [0.1, 0.15) is 0 Å². The maximum Gasteiger partial charge on any atom is 0.0919 e.